The van der Waals surface area contributed by atoms with E-state index in [1.165, 1.54) is 0 Å². The Hall–Kier alpha value is -1.73. The van der Waals surface area contributed by atoms with Crippen LogP contribution in [0.5, 0.6) is 0 Å². The van der Waals surface area contributed by atoms with Crippen LogP contribution in [0.25, 0.3) is 0 Å². The number of ether oxygens (including phenoxy) is 1. The number of nitrogens with one attached hydrogen (secondary N) is 2. The summed E-state index contributed by atoms with van der Waals surface area (Å²) in [6.07, 6.45) is 1.59. The first kappa shape index (κ1) is 14.7. The number of hydrogen-bond donors (Lipinski definition) is 3. The molecule has 20 heavy (non-hydrogen) atoms. The van der Waals surface area contributed by atoms with E-state index in [2.05, 4.69) is 20.7 Å². The van der Waals surface area contributed by atoms with Crippen molar-refractivity contribution in [3.63, 3.8) is 0 Å². The molecule has 1 saturated heterocycles. The summed E-state index contributed by atoms with van der Waals surface area (Å²) in [6, 6.07) is 1.73. The van der Waals surface area contributed by atoms with Gasteiger partial charge in [-0.15, -0.1) is 0 Å². The number of nitrogen functional groups attached to an aromatic ring is 1. The summed E-state index contributed by atoms with van der Waals surface area (Å²) in [5, 5.41) is 2.99. The summed E-state index contributed by atoms with van der Waals surface area (Å²) < 4.78 is 5.63. The molecule has 1 atom stereocenters. The highest BCUT2D eigenvalue weighted by atomic mass is 16.5. The van der Waals surface area contributed by atoms with Gasteiger partial charge in [0.05, 0.1) is 5.60 Å². The van der Waals surface area contributed by atoms with Crippen molar-refractivity contribution in [3.8, 4) is 0 Å². The zero-order chi connectivity index (χ0) is 14.8. The fraction of sp³-hybridized carbons (Fsp3) is 0.615. The molecule has 1 amide bonds. The largest absolute Gasteiger partial charge is 0.375 e. The lowest BCUT2D eigenvalue weighted by Gasteiger charge is -2.35. The Kier molecular flexibility index (Phi) is 4.20. The summed E-state index contributed by atoms with van der Waals surface area (Å²) in [5.41, 5.74) is 3.15. The first-order chi connectivity index (χ1) is 9.39. The van der Waals surface area contributed by atoms with E-state index in [0.29, 0.717) is 18.0 Å². The van der Waals surface area contributed by atoms with Crippen LogP contribution in [0, 0.1) is 6.92 Å². The Morgan fingerprint density at radius 3 is 2.90 bits per heavy atom. The maximum absolute atomic E-state index is 12.2. The Morgan fingerprint density at radius 1 is 1.50 bits per heavy atom. The summed E-state index contributed by atoms with van der Waals surface area (Å²) >= 11 is 0. The van der Waals surface area contributed by atoms with Crippen molar-refractivity contribution in [2.24, 2.45) is 5.84 Å². The van der Waals surface area contributed by atoms with Crippen molar-refractivity contribution >= 4 is 11.9 Å². The van der Waals surface area contributed by atoms with Crippen LogP contribution in [0.4, 0.5) is 5.95 Å². The van der Waals surface area contributed by atoms with Gasteiger partial charge >= 0.3 is 0 Å². The molecule has 2 rings (SSSR count). The van der Waals surface area contributed by atoms with Crippen LogP contribution in [0.15, 0.2) is 6.07 Å². The lowest BCUT2D eigenvalue weighted by molar-refractivity contribution is -0.0615. The number of nitrogens with two attached hydrogens (primary N) is 1. The summed E-state index contributed by atoms with van der Waals surface area (Å²) in [6.45, 7) is 6.49. The molecule has 0 bridgehead atoms. The quantitative estimate of drug-likeness (QED) is 0.557. The molecule has 0 radical (unpaired) electrons. The van der Waals surface area contributed by atoms with Gasteiger partial charge in [-0.1, -0.05) is 0 Å². The van der Waals surface area contributed by atoms with E-state index in [1.54, 1.807) is 13.0 Å². The molecular weight excluding hydrogens is 258 g/mol. The number of rotatable bonds is 3. The number of anilines is 1. The van der Waals surface area contributed by atoms with Gasteiger partial charge in [0.25, 0.3) is 5.91 Å². The van der Waals surface area contributed by atoms with E-state index in [1.807, 2.05) is 13.8 Å². The maximum atomic E-state index is 12.2. The molecule has 0 spiro atoms. The molecule has 0 saturated carbocycles. The number of amides is 1. The molecule has 2 heterocycles. The number of hydrazine groups is 1. The molecule has 1 fully saturated rings. The zero-order valence-corrected chi connectivity index (χ0v) is 12.1. The van der Waals surface area contributed by atoms with E-state index in [4.69, 9.17) is 10.6 Å². The van der Waals surface area contributed by atoms with Gasteiger partial charge in [-0.2, -0.15) is 0 Å². The monoisotopic (exact) mass is 279 g/mol. The second-order valence-corrected chi connectivity index (χ2v) is 5.63. The highest BCUT2D eigenvalue weighted by Gasteiger charge is 2.30. The van der Waals surface area contributed by atoms with Gasteiger partial charge in [0, 0.05) is 18.3 Å². The fourth-order valence-electron chi connectivity index (χ4n) is 2.36. The predicted molar refractivity (Wildman–Crippen MR) is 75.1 cm³/mol. The van der Waals surface area contributed by atoms with Gasteiger partial charge in [0.2, 0.25) is 5.95 Å². The third-order valence-corrected chi connectivity index (χ3v) is 3.25. The van der Waals surface area contributed by atoms with Crippen molar-refractivity contribution in [1.82, 2.24) is 15.3 Å². The predicted octanol–water partition coefficient (Wildman–Crippen LogP) is 0.758. The van der Waals surface area contributed by atoms with E-state index in [9.17, 15) is 4.79 Å². The van der Waals surface area contributed by atoms with E-state index < -0.39 is 0 Å². The number of nitrogens with zero attached hydrogens (tertiary/aromatic N) is 2. The molecular formula is C13H21N5O2. The van der Waals surface area contributed by atoms with E-state index >= 15 is 0 Å². The molecule has 1 aromatic heterocycles. The normalized spacial score (nSPS) is 21.3. The van der Waals surface area contributed by atoms with Crippen molar-refractivity contribution < 1.29 is 9.53 Å². The van der Waals surface area contributed by atoms with E-state index in [0.717, 1.165) is 12.8 Å². The molecule has 0 aromatic carbocycles. The second-order valence-electron chi connectivity index (χ2n) is 5.63. The van der Waals surface area contributed by atoms with E-state index in [-0.39, 0.29) is 23.5 Å². The first-order valence-electron chi connectivity index (χ1n) is 6.67. The number of carbonyl (C=O) groups excluding carboxylic acids is 1. The third-order valence-electron chi connectivity index (χ3n) is 3.25. The Bertz CT molecular complexity index is 504. The first-order valence-corrected chi connectivity index (χ1v) is 6.67. The second kappa shape index (κ2) is 5.72. The molecule has 0 aliphatic carbocycles. The average molecular weight is 279 g/mol. The van der Waals surface area contributed by atoms with Crippen molar-refractivity contribution in [2.75, 3.05) is 12.0 Å². The van der Waals surface area contributed by atoms with Gasteiger partial charge in [0.15, 0.2) is 0 Å². The Balaban J connectivity index is 2.06. The lowest BCUT2D eigenvalue weighted by atomic mass is 9.94. The molecule has 1 aliphatic heterocycles. The summed E-state index contributed by atoms with van der Waals surface area (Å²) in [5.74, 6) is 5.31. The van der Waals surface area contributed by atoms with Crippen molar-refractivity contribution in [1.29, 1.82) is 0 Å². The number of aryl methyl sites for hydroxylation is 1. The van der Waals surface area contributed by atoms with Crippen LogP contribution in [0.2, 0.25) is 0 Å². The Labute approximate surface area is 118 Å². The van der Waals surface area contributed by atoms with Gasteiger partial charge < -0.3 is 10.1 Å². The number of hydrogen-bond acceptors (Lipinski definition) is 6. The fourth-order valence-corrected chi connectivity index (χ4v) is 2.36. The van der Waals surface area contributed by atoms with Crippen LogP contribution in [-0.2, 0) is 4.74 Å². The molecule has 1 aromatic rings. The molecule has 1 aliphatic rings. The van der Waals surface area contributed by atoms with Crippen molar-refractivity contribution in [2.45, 2.75) is 45.3 Å². The third kappa shape index (κ3) is 3.64. The average Bonchev–Trinajstić information content (AvgIpc) is 2.36. The van der Waals surface area contributed by atoms with Crippen LogP contribution in [-0.4, -0.2) is 34.1 Å². The molecule has 7 nitrogen and oxygen atoms in total. The minimum atomic E-state index is -0.213. The number of carbonyl (C=O) groups is 1. The van der Waals surface area contributed by atoms with Gasteiger partial charge in [-0.05, 0) is 39.7 Å². The van der Waals surface area contributed by atoms with Gasteiger partial charge in [-0.3, -0.25) is 10.2 Å². The molecule has 1 unspecified atom stereocenters. The lowest BCUT2D eigenvalue weighted by Crippen LogP contribution is -2.46. The zero-order valence-electron chi connectivity index (χ0n) is 12.1. The minimum absolute atomic E-state index is 0.0933. The number of aromatic nitrogens is 2. The highest BCUT2D eigenvalue weighted by Crippen LogP contribution is 2.24. The van der Waals surface area contributed by atoms with Gasteiger partial charge in [0.1, 0.15) is 5.69 Å². The maximum Gasteiger partial charge on any atom is 0.270 e. The van der Waals surface area contributed by atoms with Crippen LogP contribution >= 0.6 is 0 Å². The SMILES string of the molecule is Cc1cc(C(=O)NC2CCOC(C)(C)C2)nc(NN)n1. The minimum Gasteiger partial charge on any atom is -0.375 e. The van der Waals surface area contributed by atoms with Crippen LogP contribution in [0.3, 0.4) is 0 Å². The molecule has 7 heteroatoms. The molecule has 4 N–H and O–H groups in total. The highest BCUT2D eigenvalue weighted by molar-refractivity contribution is 5.92. The van der Waals surface area contributed by atoms with Crippen molar-refractivity contribution in [3.05, 3.63) is 17.5 Å². The summed E-state index contributed by atoms with van der Waals surface area (Å²) in [4.78, 5) is 20.4. The molecule has 110 valence electrons. The standard InChI is InChI=1S/C13H21N5O2/c1-8-6-10(17-12(15-8)18-14)11(19)16-9-4-5-20-13(2,3)7-9/h6,9H,4-5,7,14H2,1-3H3,(H,16,19)(H,15,17,18). The Morgan fingerprint density at radius 2 is 2.25 bits per heavy atom. The van der Waals surface area contributed by atoms with Crippen LogP contribution < -0.4 is 16.6 Å². The summed E-state index contributed by atoms with van der Waals surface area (Å²) in [7, 11) is 0. The topological polar surface area (TPSA) is 102 Å². The van der Waals surface area contributed by atoms with Crippen LogP contribution in [0.1, 0.15) is 42.9 Å². The smallest absolute Gasteiger partial charge is 0.270 e. The van der Waals surface area contributed by atoms with Gasteiger partial charge in [-0.25, -0.2) is 15.8 Å².